The molecule has 23 heteroatoms. The number of hydrogen-bond acceptors (Lipinski definition) is 5. The van der Waals surface area contributed by atoms with Crippen LogP contribution in [0.15, 0.2) is 35.9 Å². The molecule has 1 N–H and O–H groups in total. The van der Waals surface area contributed by atoms with Crippen molar-refractivity contribution in [3.8, 4) is 5.75 Å². The van der Waals surface area contributed by atoms with Crippen molar-refractivity contribution in [1.29, 1.82) is 0 Å². The zero-order valence-electron chi connectivity index (χ0n) is 31.4. The summed E-state index contributed by atoms with van der Waals surface area (Å²) in [4.78, 5) is 11.8. The fourth-order valence-corrected chi connectivity index (χ4v) is 10.1. The predicted molar refractivity (Wildman–Crippen MR) is 173 cm³/mol. The van der Waals surface area contributed by atoms with E-state index in [0.29, 0.717) is 17.6 Å². The number of benzene rings is 1. The summed E-state index contributed by atoms with van der Waals surface area (Å²) in [5.74, 6) is -57.4. The molecule has 1 rings (SSSR count). The average molecular weight is 883 g/mol. The highest BCUT2D eigenvalue weighted by Crippen LogP contribution is 2.64. The third-order valence-electron chi connectivity index (χ3n) is 9.45. The first kappa shape index (κ1) is 52.2. The third kappa shape index (κ3) is 10.1. The summed E-state index contributed by atoms with van der Waals surface area (Å²) >= 11 is 0. The normalized spacial score (nSPS) is 15.9. The van der Waals surface area contributed by atoms with E-state index in [0.717, 1.165) is 0 Å². The zero-order chi connectivity index (χ0) is 45.0. The number of alkyl halides is 17. The van der Waals surface area contributed by atoms with E-state index in [1.54, 1.807) is 26.8 Å². The topological polar surface area (TPSA) is 65.0 Å². The molecule has 0 fully saturated rings. The molecule has 0 saturated carbocycles. The summed E-state index contributed by atoms with van der Waals surface area (Å²) in [6.45, 7) is 9.54. The lowest BCUT2D eigenvalue weighted by molar-refractivity contribution is -0.461. The summed E-state index contributed by atoms with van der Waals surface area (Å²) < 4.78 is 250. The van der Waals surface area contributed by atoms with Crippen LogP contribution in [-0.4, -0.2) is 86.8 Å². The number of carbonyl (C=O) groups is 1. The maximum absolute atomic E-state index is 14.9. The van der Waals surface area contributed by atoms with Crippen LogP contribution in [0.25, 0.3) is 0 Å². The Hall–Kier alpha value is -2.82. The fraction of sp³-hybridized carbons (Fsp3) is 0.735. The lowest BCUT2D eigenvalue weighted by atomic mass is 9.88. The van der Waals surface area contributed by atoms with Crippen molar-refractivity contribution in [2.24, 2.45) is 5.92 Å². The molecule has 1 aromatic rings. The summed E-state index contributed by atoms with van der Waals surface area (Å²) in [5, 5.41) is 10.7. The predicted octanol–water partition coefficient (Wildman–Crippen LogP) is 11.8. The van der Waals surface area contributed by atoms with Crippen LogP contribution in [0.2, 0.25) is 17.1 Å². The van der Waals surface area contributed by atoms with E-state index in [9.17, 15) is 84.5 Å². The Kier molecular flexibility index (Phi) is 16.7. The molecule has 0 unspecified atom stereocenters. The van der Waals surface area contributed by atoms with Crippen molar-refractivity contribution >= 4 is 14.3 Å². The maximum Gasteiger partial charge on any atom is 0.460 e. The molecule has 0 radical (unpaired) electrons. The number of halogens is 17. The number of rotatable bonds is 22. The van der Waals surface area contributed by atoms with E-state index in [1.165, 1.54) is 52.0 Å². The average Bonchev–Trinajstić information content (AvgIpc) is 3.08. The summed E-state index contributed by atoms with van der Waals surface area (Å²) in [7, 11) is -3.94. The van der Waals surface area contributed by atoms with Crippen molar-refractivity contribution in [3.63, 3.8) is 0 Å². The molecule has 0 saturated heterocycles. The van der Waals surface area contributed by atoms with Gasteiger partial charge in [0.25, 0.3) is 0 Å². The highest BCUT2D eigenvalue weighted by molar-refractivity contribution is 6.76. The Balaban J connectivity index is 3.18. The van der Waals surface area contributed by atoms with Gasteiger partial charge in [-0.3, -0.25) is 0 Å². The van der Waals surface area contributed by atoms with Gasteiger partial charge in [-0.15, -0.1) is 0 Å². The zero-order valence-corrected chi connectivity index (χ0v) is 32.4. The number of ether oxygens (including phenoxy) is 2. The van der Waals surface area contributed by atoms with Gasteiger partial charge in [-0.1, -0.05) is 52.8 Å². The first-order valence-corrected chi connectivity index (χ1v) is 19.4. The Morgan fingerprint density at radius 2 is 1.14 bits per heavy atom. The Morgan fingerprint density at radius 1 is 0.702 bits per heavy atom. The van der Waals surface area contributed by atoms with E-state index in [4.69, 9.17) is 13.9 Å². The molecule has 332 valence electrons. The number of carbonyl (C=O) groups excluding carboxylic acids is 1. The van der Waals surface area contributed by atoms with E-state index < -0.39 is 98.2 Å². The van der Waals surface area contributed by atoms with Crippen LogP contribution < -0.4 is 4.74 Å². The molecule has 0 aliphatic heterocycles. The number of aliphatic hydroxyl groups excluding tert-OH is 1. The Morgan fingerprint density at radius 3 is 1.56 bits per heavy atom. The van der Waals surface area contributed by atoms with Gasteiger partial charge >= 0.3 is 53.6 Å². The van der Waals surface area contributed by atoms with Crippen LogP contribution in [0.3, 0.4) is 0 Å². The number of aliphatic hydroxyl groups is 1. The number of allylic oxidation sites excluding steroid dienone is 1. The second-order valence-corrected chi connectivity index (χ2v) is 19.0. The second kappa shape index (κ2) is 18.2. The van der Waals surface area contributed by atoms with E-state index in [-0.39, 0.29) is 24.9 Å². The fourth-order valence-electron chi connectivity index (χ4n) is 5.66. The molecule has 0 aromatic heterocycles. The van der Waals surface area contributed by atoms with Crippen LogP contribution >= 0.6 is 0 Å². The molecular weight excluding hydrogens is 839 g/mol. The van der Waals surface area contributed by atoms with Crippen LogP contribution in [0.1, 0.15) is 73.0 Å². The van der Waals surface area contributed by atoms with E-state index in [2.05, 4.69) is 0 Å². The summed E-state index contributed by atoms with van der Waals surface area (Å²) in [6.07, 6.45) is -9.45. The van der Waals surface area contributed by atoms with Crippen molar-refractivity contribution in [2.45, 2.75) is 132 Å². The van der Waals surface area contributed by atoms with Crippen molar-refractivity contribution < 1.29 is 98.4 Å². The monoisotopic (exact) mass is 882 g/mol. The van der Waals surface area contributed by atoms with Crippen molar-refractivity contribution in [3.05, 3.63) is 41.5 Å². The maximum atomic E-state index is 14.9. The van der Waals surface area contributed by atoms with Crippen molar-refractivity contribution in [2.75, 3.05) is 19.8 Å². The molecule has 0 aliphatic carbocycles. The summed E-state index contributed by atoms with van der Waals surface area (Å²) in [6, 6.07) is 4.51. The van der Waals surface area contributed by atoms with Gasteiger partial charge in [-0.05, 0) is 61.0 Å². The van der Waals surface area contributed by atoms with Gasteiger partial charge in [-0.25, -0.2) is 4.79 Å². The molecule has 2 atom stereocenters. The quantitative estimate of drug-likeness (QED) is 0.0413. The van der Waals surface area contributed by atoms with Crippen LogP contribution in [0.5, 0.6) is 5.75 Å². The minimum Gasteiger partial charge on any atom is -0.491 e. The molecule has 1 aromatic carbocycles. The molecule has 0 bridgehead atoms. The first-order valence-electron chi connectivity index (χ1n) is 17.1. The lowest BCUT2D eigenvalue weighted by Crippen LogP contribution is -2.74. The van der Waals surface area contributed by atoms with Gasteiger partial charge in [0.15, 0.2) is 8.32 Å². The molecule has 5 nitrogen and oxygen atoms in total. The van der Waals surface area contributed by atoms with Crippen LogP contribution in [0.4, 0.5) is 74.6 Å². The van der Waals surface area contributed by atoms with Gasteiger partial charge in [-0.2, -0.15) is 74.6 Å². The standard InChI is InChI=1S/C34H43F17O5Si/c1-8-54-26(53)22(7)10-9-21(6)25(52)23-11-13-24(14-12-23)55-16-17-56-57(19(2)3,20(4)5)18-15-27(35,36)28(37,38)29(39,40)30(41,42)31(43,44)32(45,46)33(47,48)34(49,50)51/h10-14,19-21,25,52H,8-9,15-18H2,1-7H3/b22-10+/t21-,25-/m0/s1. The van der Waals surface area contributed by atoms with Gasteiger partial charge in [0.1, 0.15) is 12.4 Å². The summed E-state index contributed by atoms with van der Waals surface area (Å²) in [5.41, 5.74) is -0.917. The Bertz CT molecular complexity index is 1490. The Labute approximate surface area is 318 Å². The smallest absolute Gasteiger partial charge is 0.460 e. The van der Waals surface area contributed by atoms with Crippen LogP contribution in [-0.2, 0) is 14.0 Å². The van der Waals surface area contributed by atoms with Gasteiger partial charge in [0.05, 0.1) is 19.3 Å². The van der Waals surface area contributed by atoms with Gasteiger partial charge < -0.3 is 19.0 Å². The highest BCUT2D eigenvalue weighted by Gasteiger charge is 2.95. The molecule has 0 aliphatic rings. The number of esters is 1. The van der Waals surface area contributed by atoms with Crippen molar-refractivity contribution in [1.82, 2.24) is 0 Å². The first-order chi connectivity index (χ1) is 25.5. The lowest BCUT2D eigenvalue weighted by Gasteiger charge is -2.44. The second-order valence-electron chi connectivity index (χ2n) is 13.9. The minimum absolute atomic E-state index is 0.173. The molecule has 57 heavy (non-hydrogen) atoms. The number of hydrogen-bond donors (Lipinski definition) is 1. The van der Waals surface area contributed by atoms with Gasteiger partial charge in [0, 0.05) is 12.0 Å². The van der Waals surface area contributed by atoms with E-state index >= 15 is 0 Å². The molecule has 0 heterocycles. The third-order valence-corrected chi connectivity index (χ3v) is 15.1. The van der Waals surface area contributed by atoms with Crippen LogP contribution in [0, 0.1) is 5.92 Å². The molecule has 0 amide bonds. The minimum atomic E-state index is -8.68. The SMILES string of the molecule is CCOC(=O)/C(C)=C/C[C@H](C)[C@H](O)c1ccc(OCCO[Si](CCC(F)(F)C(F)(F)C(F)(F)C(F)(F)C(F)(F)C(F)(F)C(F)(F)C(F)(F)F)(C(C)C)C(C)C)cc1. The molecule has 0 spiro atoms. The largest absolute Gasteiger partial charge is 0.491 e. The van der Waals surface area contributed by atoms with E-state index in [1.807, 2.05) is 0 Å². The highest BCUT2D eigenvalue weighted by atomic mass is 28.4. The molecular formula is C34H43F17O5Si. The van der Waals surface area contributed by atoms with Gasteiger partial charge in [0.2, 0.25) is 0 Å².